The molecule has 1 fully saturated rings. The van der Waals surface area contributed by atoms with E-state index < -0.39 is 18.3 Å². The molecule has 0 unspecified atom stereocenters. The highest BCUT2D eigenvalue weighted by Crippen LogP contribution is 2.38. The lowest BCUT2D eigenvalue weighted by molar-refractivity contribution is 0.00578. The molecule has 2 aliphatic heterocycles. The van der Waals surface area contributed by atoms with Crippen molar-refractivity contribution in [3.05, 3.63) is 41.5 Å². The molecule has 260 valence electrons. The zero-order valence-electron chi connectivity index (χ0n) is 30.8. The highest BCUT2D eigenvalue weighted by molar-refractivity contribution is 6.65. The first-order chi connectivity index (χ1) is 22.6. The molecule has 0 N–H and O–H groups in total. The van der Waals surface area contributed by atoms with Crippen LogP contribution in [0.5, 0.6) is 0 Å². The first kappa shape index (κ1) is 37.6. The second-order valence-electron chi connectivity index (χ2n) is 15.4. The average molecular weight is 646 g/mol. The first-order valence-corrected chi connectivity index (χ1v) is 19.4. The molecule has 0 aliphatic carbocycles. The van der Waals surface area contributed by atoms with Crippen molar-refractivity contribution < 1.29 is 18.9 Å². The number of hydrogen-bond acceptors (Lipinski definition) is 4. The van der Waals surface area contributed by atoms with Crippen LogP contribution in [0.4, 0.5) is 0 Å². The Kier molecular flexibility index (Phi) is 14.4. The molecule has 0 spiro atoms. The SMILES string of the molecule is CCCCCCCCCCCC(CCCCCCCCCCC)N1C(=O)c2cccc3c(B4OC(C)(C)C(C)(C)O4)ccc(c23)C1=O. The lowest BCUT2D eigenvalue weighted by Gasteiger charge is -2.34. The Morgan fingerprint density at radius 2 is 1.02 bits per heavy atom. The zero-order chi connectivity index (χ0) is 33.9. The van der Waals surface area contributed by atoms with Crippen molar-refractivity contribution in [1.29, 1.82) is 0 Å². The molecule has 2 amide bonds. The van der Waals surface area contributed by atoms with Crippen LogP contribution in [0.15, 0.2) is 30.3 Å². The minimum Gasteiger partial charge on any atom is -0.399 e. The Balaban J connectivity index is 1.46. The van der Waals surface area contributed by atoms with Crippen LogP contribution < -0.4 is 5.46 Å². The van der Waals surface area contributed by atoms with Gasteiger partial charge in [0.15, 0.2) is 0 Å². The van der Waals surface area contributed by atoms with Gasteiger partial charge in [-0.3, -0.25) is 14.5 Å². The molecule has 1 saturated heterocycles. The van der Waals surface area contributed by atoms with Crippen LogP contribution in [0.1, 0.15) is 191 Å². The summed E-state index contributed by atoms with van der Waals surface area (Å²) in [7, 11) is -0.557. The highest BCUT2D eigenvalue weighted by Gasteiger charge is 2.52. The number of benzene rings is 2. The van der Waals surface area contributed by atoms with Gasteiger partial charge in [-0.2, -0.15) is 0 Å². The van der Waals surface area contributed by atoms with Gasteiger partial charge in [0.1, 0.15) is 0 Å². The van der Waals surface area contributed by atoms with E-state index in [1.54, 1.807) is 4.90 Å². The first-order valence-electron chi connectivity index (χ1n) is 19.4. The minimum absolute atomic E-state index is 0.0599. The van der Waals surface area contributed by atoms with Gasteiger partial charge in [-0.1, -0.05) is 148 Å². The molecule has 4 rings (SSSR count). The van der Waals surface area contributed by atoms with E-state index in [4.69, 9.17) is 9.31 Å². The largest absolute Gasteiger partial charge is 0.495 e. The maximum Gasteiger partial charge on any atom is 0.495 e. The standard InChI is InChI=1S/C41H64BNO4/c1-7-9-11-13-15-17-19-21-23-26-32(27-24-22-20-18-16-14-12-10-8-2)43-38(44)34-29-25-28-33-36(31-30-35(37(33)34)39(43)45)42-46-40(3,4)41(5,6)47-42/h25,28-32H,7-24,26-27H2,1-6H3. The predicted molar refractivity (Wildman–Crippen MR) is 198 cm³/mol. The number of unbranched alkanes of at least 4 members (excludes halogenated alkanes) is 16. The van der Waals surface area contributed by atoms with E-state index in [1.807, 2.05) is 58.0 Å². The fraction of sp³-hybridized carbons (Fsp3) is 0.707. The maximum absolute atomic E-state index is 14.3. The molecule has 2 aliphatic rings. The maximum atomic E-state index is 14.3. The van der Waals surface area contributed by atoms with Gasteiger partial charge in [0.2, 0.25) is 0 Å². The van der Waals surface area contributed by atoms with Crippen molar-refractivity contribution in [2.45, 2.75) is 187 Å². The number of nitrogens with zero attached hydrogens (tertiary/aromatic N) is 1. The summed E-state index contributed by atoms with van der Waals surface area (Å²) in [6, 6.07) is 9.66. The van der Waals surface area contributed by atoms with Gasteiger partial charge in [-0.25, -0.2) is 0 Å². The summed E-state index contributed by atoms with van der Waals surface area (Å²) in [4.78, 5) is 30.2. The normalized spacial score (nSPS) is 17.1. The van der Waals surface area contributed by atoms with Crippen molar-refractivity contribution in [2.75, 3.05) is 0 Å². The Hall–Kier alpha value is -2.18. The summed E-state index contributed by atoms with van der Waals surface area (Å²) in [5.74, 6) is -0.285. The van der Waals surface area contributed by atoms with E-state index in [9.17, 15) is 9.59 Å². The summed E-state index contributed by atoms with van der Waals surface area (Å²) in [5, 5.41) is 1.62. The topological polar surface area (TPSA) is 55.8 Å². The van der Waals surface area contributed by atoms with Crippen LogP contribution in [0.25, 0.3) is 10.8 Å². The summed E-state index contributed by atoms with van der Waals surface area (Å²) < 4.78 is 12.8. The van der Waals surface area contributed by atoms with E-state index >= 15 is 0 Å². The van der Waals surface area contributed by atoms with Gasteiger partial charge in [0, 0.05) is 22.6 Å². The van der Waals surface area contributed by atoms with E-state index in [1.165, 1.54) is 103 Å². The number of hydrogen-bond donors (Lipinski definition) is 0. The fourth-order valence-electron chi connectivity index (χ4n) is 7.43. The molecule has 47 heavy (non-hydrogen) atoms. The monoisotopic (exact) mass is 645 g/mol. The number of carbonyl (C=O) groups is 2. The number of imide groups is 1. The van der Waals surface area contributed by atoms with Gasteiger partial charge < -0.3 is 9.31 Å². The van der Waals surface area contributed by atoms with Crippen LogP contribution >= 0.6 is 0 Å². The average Bonchev–Trinajstić information content (AvgIpc) is 3.27. The zero-order valence-corrected chi connectivity index (χ0v) is 30.8. The van der Waals surface area contributed by atoms with Crippen molar-refractivity contribution in [3.63, 3.8) is 0 Å². The molecular formula is C41H64BNO4. The van der Waals surface area contributed by atoms with Crippen LogP contribution in [-0.4, -0.2) is 41.1 Å². The Labute approximate surface area is 287 Å². The van der Waals surface area contributed by atoms with Gasteiger partial charge >= 0.3 is 7.12 Å². The number of rotatable bonds is 22. The van der Waals surface area contributed by atoms with Crippen molar-refractivity contribution in [2.24, 2.45) is 0 Å². The fourth-order valence-corrected chi connectivity index (χ4v) is 7.43. The van der Waals surface area contributed by atoms with Gasteiger partial charge in [-0.15, -0.1) is 0 Å². The second-order valence-corrected chi connectivity index (χ2v) is 15.4. The molecule has 6 heteroatoms. The second kappa shape index (κ2) is 18.0. The summed E-state index contributed by atoms with van der Waals surface area (Å²) in [6.45, 7) is 12.7. The van der Waals surface area contributed by atoms with Crippen molar-refractivity contribution in [1.82, 2.24) is 4.90 Å². The predicted octanol–water partition coefficient (Wildman–Crippen LogP) is 10.9. The van der Waals surface area contributed by atoms with E-state index in [0.717, 1.165) is 41.9 Å². The molecule has 2 heterocycles. The smallest absolute Gasteiger partial charge is 0.399 e. The van der Waals surface area contributed by atoms with Gasteiger partial charge in [-0.05, 0) is 63.5 Å². The van der Waals surface area contributed by atoms with E-state index in [-0.39, 0.29) is 17.9 Å². The summed E-state index contributed by atoms with van der Waals surface area (Å²) >= 11 is 0. The third kappa shape index (κ3) is 9.50. The molecule has 0 bridgehead atoms. The summed E-state index contributed by atoms with van der Waals surface area (Å²) in [5.41, 5.74) is 1.17. The molecule has 0 saturated carbocycles. The van der Waals surface area contributed by atoms with Crippen LogP contribution in [0.2, 0.25) is 0 Å². The quantitative estimate of drug-likeness (QED) is 0.0726. The van der Waals surface area contributed by atoms with E-state index in [0.29, 0.717) is 11.1 Å². The lowest BCUT2D eigenvalue weighted by atomic mass is 9.74. The Morgan fingerprint density at radius 1 is 0.596 bits per heavy atom. The van der Waals surface area contributed by atoms with Gasteiger partial charge in [0.25, 0.3) is 11.8 Å². The molecular weight excluding hydrogens is 581 g/mol. The Bertz CT molecular complexity index is 1240. The molecule has 0 atom stereocenters. The molecule has 0 aromatic heterocycles. The summed E-state index contributed by atoms with van der Waals surface area (Å²) in [6.07, 6.45) is 24.6. The van der Waals surface area contributed by atoms with Crippen LogP contribution in [-0.2, 0) is 9.31 Å². The van der Waals surface area contributed by atoms with Crippen LogP contribution in [0, 0.1) is 0 Å². The third-order valence-corrected chi connectivity index (χ3v) is 11.1. The van der Waals surface area contributed by atoms with E-state index in [2.05, 4.69) is 13.8 Å². The molecule has 2 aromatic rings. The highest BCUT2D eigenvalue weighted by atomic mass is 16.7. The van der Waals surface area contributed by atoms with Crippen LogP contribution in [0.3, 0.4) is 0 Å². The van der Waals surface area contributed by atoms with Gasteiger partial charge in [0.05, 0.1) is 11.2 Å². The lowest BCUT2D eigenvalue weighted by Crippen LogP contribution is -2.47. The number of amides is 2. The van der Waals surface area contributed by atoms with Crippen molar-refractivity contribution >= 4 is 35.2 Å². The Morgan fingerprint density at radius 3 is 1.49 bits per heavy atom. The molecule has 5 nitrogen and oxygen atoms in total. The third-order valence-electron chi connectivity index (χ3n) is 11.1. The minimum atomic E-state index is -0.557. The molecule has 0 radical (unpaired) electrons. The van der Waals surface area contributed by atoms with Crippen molar-refractivity contribution in [3.8, 4) is 0 Å². The molecule has 2 aromatic carbocycles. The number of carbonyl (C=O) groups excluding carboxylic acids is 2.